The van der Waals surface area contributed by atoms with Crippen molar-refractivity contribution < 1.29 is 5.11 Å². The van der Waals surface area contributed by atoms with Gasteiger partial charge in [0.25, 0.3) is 0 Å². The Labute approximate surface area is 93.7 Å². The minimum atomic E-state index is -0.115. The molecule has 1 atom stereocenters. The molecule has 0 radical (unpaired) electrons. The first-order chi connectivity index (χ1) is 7.12. The molecule has 0 bridgehead atoms. The Kier molecular flexibility index (Phi) is 3.36. The normalized spacial score (nSPS) is 27.4. The van der Waals surface area contributed by atoms with Crippen LogP contribution in [0.15, 0.2) is 0 Å². The Morgan fingerprint density at radius 2 is 1.60 bits per heavy atom. The molecule has 1 saturated heterocycles. The van der Waals surface area contributed by atoms with Gasteiger partial charge in [0.05, 0.1) is 6.10 Å². The molecule has 1 unspecified atom stereocenters. The van der Waals surface area contributed by atoms with E-state index in [0.29, 0.717) is 5.92 Å². The fraction of sp³-hybridized carbons (Fsp3) is 1.00. The number of hydrogen-bond acceptors (Lipinski definition) is 2. The SMILES string of the molecule is CC(C)(C(O)C1CC1)N1CCCCCC1. The van der Waals surface area contributed by atoms with Crippen molar-refractivity contribution in [2.24, 2.45) is 5.92 Å². The fourth-order valence-corrected chi connectivity index (χ4v) is 2.82. The average Bonchev–Trinajstić information content (AvgIpc) is 3.04. The van der Waals surface area contributed by atoms with Crippen molar-refractivity contribution in [1.29, 1.82) is 0 Å². The molecule has 88 valence electrons. The highest BCUT2D eigenvalue weighted by Crippen LogP contribution is 2.39. The van der Waals surface area contributed by atoms with E-state index >= 15 is 0 Å². The monoisotopic (exact) mass is 211 g/mol. The van der Waals surface area contributed by atoms with Crippen LogP contribution in [0.3, 0.4) is 0 Å². The fourth-order valence-electron chi connectivity index (χ4n) is 2.82. The summed E-state index contributed by atoms with van der Waals surface area (Å²) >= 11 is 0. The van der Waals surface area contributed by atoms with Gasteiger partial charge >= 0.3 is 0 Å². The molecule has 2 rings (SSSR count). The van der Waals surface area contributed by atoms with Gasteiger partial charge in [-0.3, -0.25) is 4.90 Å². The van der Waals surface area contributed by atoms with E-state index in [1.54, 1.807) is 0 Å². The highest BCUT2D eigenvalue weighted by atomic mass is 16.3. The number of rotatable bonds is 3. The molecule has 0 aromatic heterocycles. The van der Waals surface area contributed by atoms with Crippen LogP contribution in [0.5, 0.6) is 0 Å². The minimum absolute atomic E-state index is 0.00843. The zero-order chi connectivity index (χ0) is 10.9. The smallest absolute Gasteiger partial charge is 0.0746 e. The van der Waals surface area contributed by atoms with Crippen molar-refractivity contribution in [3.05, 3.63) is 0 Å². The van der Waals surface area contributed by atoms with Crippen molar-refractivity contribution in [3.8, 4) is 0 Å². The van der Waals surface area contributed by atoms with Crippen LogP contribution in [0, 0.1) is 5.92 Å². The molecule has 2 heteroatoms. The highest BCUT2D eigenvalue weighted by molar-refractivity contribution is 4.97. The highest BCUT2D eigenvalue weighted by Gasteiger charge is 2.43. The van der Waals surface area contributed by atoms with Gasteiger partial charge in [-0.2, -0.15) is 0 Å². The Morgan fingerprint density at radius 3 is 2.07 bits per heavy atom. The van der Waals surface area contributed by atoms with Crippen molar-refractivity contribution in [3.63, 3.8) is 0 Å². The predicted molar refractivity (Wildman–Crippen MR) is 62.9 cm³/mol. The molecule has 0 spiro atoms. The Hall–Kier alpha value is -0.0800. The molecule has 1 aliphatic heterocycles. The van der Waals surface area contributed by atoms with Gasteiger partial charge in [-0.25, -0.2) is 0 Å². The van der Waals surface area contributed by atoms with E-state index in [2.05, 4.69) is 18.7 Å². The average molecular weight is 211 g/mol. The lowest BCUT2D eigenvalue weighted by Crippen LogP contribution is -2.53. The molecule has 1 aliphatic carbocycles. The summed E-state index contributed by atoms with van der Waals surface area (Å²) in [6, 6.07) is 0. The minimum Gasteiger partial charge on any atom is -0.391 e. The van der Waals surface area contributed by atoms with Crippen molar-refractivity contribution >= 4 is 0 Å². The summed E-state index contributed by atoms with van der Waals surface area (Å²) in [6.45, 7) is 6.80. The summed E-state index contributed by atoms with van der Waals surface area (Å²) in [6.07, 6.45) is 7.70. The van der Waals surface area contributed by atoms with Crippen LogP contribution in [-0.4, -0.2) is 34.7 Å². The zero-order valence-corrected chi connectivity index (χ0v) is 10.2. The van der Waals surface area contributed by atoms with Crippen LogP contribution in [0.1, 0.15) is 52.4 Å². The molecular formula is C13H25NO. The van der Waals surface area contributed by atoms with Gasteiger partial charge in [0, 0.05) is 5.54 Å². The van der Waals surface area contributed by atoms with Crippen molar-refractivity contribution in [2.45, 2.75) is 64.0 Å². The Morgan fingerprint density at radius 1 is 1.07 bits per heavy atom. The molecule has 0 aromatic rings. The van der Waals surface area contributed by atoms with E-state index in [1.807, 2.05) is 0 Å². The van der Waals surface area contributed by atoms with E-state index in [0.717, 1.165) is 0 Å². The summed E-state index contributed by atoms with van der Waals surface area (Å²) < 4.78 is 0. The maximum atomic E-state index is 10.3. The molecule has 2 fully saturated rings. The lowest BCUT2D eigenvalue weighted by atomic mass is 9.91. The maximum absolute atomic E-state index is 10.3. The second-order valence-electron chi connectivity index (χ2n) is 5.84. The topological polar surface area (TPSA) is 23.5 Å². The largest absolute Gasteiger partial charge is 0.391 e. The van der Waals surface area contributed by atoms with Crippen LogP contribution in [-0.2, 0) is 0 Å². The first kappa shape index (κ1) is 11.4. The second-order valence-corrected chi connectivity index (χ2v) is 5.84. The summed E-state index contributed by atoms with van der Waals surface area (Å²) in [4.78, 5) is 2.52. The van der Waals surface area contributed by atoms with Crippen molar-refractivity contribution in [1.82, 2.24) is 4.90 Å². The summed E-state index contributed by atoms with van der Waals surface area (Å²) in [5.41, 5.74) is -0.00843. The van der Waals surface area contributed by atoms with Crippen molar-refractivity contribution in [2.75, 3.05) is 13.1 Å². The summed E-state index contributed by atoms with van der Waals surface area (Å²) in [5.74, 6) is 0.586. The Balaban J connectivity index is 1.98. The molecular weight excluding hydrogens is 186 g/mol. The lowest BCUT2D eigenvalue weighted by Gasteiger charge is -2.41. The van der Waals surface area contributed by atoms with Gasteiger partial charge in [0.15, 0.2) is 0 Å². The molecule has 15 heavy (non-hydrogen) atoms. The molecule has 1 heterocycles. The lowest BCUT2D eigenvalue weighted by molar-refractivity contribution is -0.0204. The first-order valence-electron chi connectivity index (χ1n) is 6.55. The predicted octanol–water partition coefficient (Wildman–Crippen LogP) is 2.41. The third kappa shape index (κ3) is 2.54. The van der Waals surface area contributed by atoms with Gasteiger partial charge in [-0.05, 0) is 58.5 Å². The van der Waals surface area contributed by atoms with Crippen LogP contribution >= 0.6 is 0 Å². The number of hydrogen-bond donors (Lipinski definition) is 1. The van der Waals surface area contributed by atoms with Crippen LogP contribution < -0.4 is 0 Å². The van der Waals surface area contributed by atoms with Gasteiger partial charge in [-0.1, -0.05) is 12.8 Å². The first-order valence-corrected chi connectivity index (χ1v) is 6.55. The van der Waals surface area contributed by atoms with Crippen LogP contribution in [0.2, 0.25) is 0 Å². The number of aliphatic hydroxyl groups excluding tert-OH is 1. The van der Waals surface area contributed by atoms with E-state index in [9.17, 15) is 5.11 Å². The van der Waals surface area contributed by atoms with Gasteiger partial charge in [0.1, 0.15) is 0 Å². The summed E-state index contributed by atoms with van der Waals surface area (Å²) in [7, 11) is 0. The van der Waals surface area contributed by atoms with E-state index in [-0.39, 0.29) is 11.6 Å². The molecule has 1 saturated carbocycles. The maximum Gasteiger partial charge on any atom is 0.0746 e. The molecule has 1 N–H and O–H groups in total. The third-order valence-electron chi connectivity index (χ3n) is 4.21. The van der Waals surface area contributed by atoms with Crippen LogP contribution in [0.4, 0.5) is 0 Å². The number of likely N-dealkylation sites (tertiary alicyclic amines) is 1. The van der Waals surface area contributed by atoms with E-state index in [4.69, 9.17) is 0 Å². The van der Waals surface area contributed by atoms with Gasteiger partial charge in [0.2, 0.25) is 0 Å². The van der Waals surface area contributed by atoms with E-state index < -0.39 is 0 Å². The third-order valence-corrected chi connectivity index (χ3v) is 4.21. The number of aliphatic hydroxyl groups is 1. The second kappa shape index (κ2) is 4.42. The zero-order valence-electron chi connectivity index (χ0n) is 10.2. The van der Waals surface area contributed by atoms with Gasteiger partial charge in [-0.15, -0.1) is 0 Å². The van der Waals surface area contributed by atoms with E-state index in [1.165, 1.54) is 51.6 Å². The molecule has 0 aromatic carbocycles. The molecule has 2 aliphatic rings. The Bertz CT molecular complexity index is 203. The standard InChI is InChI=1S/C13H25NO/c1-13(2,12(15)11-7-8-11)14-9-5-3-4-6-10-14/h11-12,15H,3-10H2,1-2H3. The van der Waals surface area contributed by atoms with Gasteiger partial charge < -0.3 is 5.11 Å². The number of nitrogens with zero attached hydrogens (tertiary/aromatic N) is 1. The quantitative estimate of drug-likeness (QED) is 0.775. The molecule has 2 nitrogen and oxygen atoms in total. The summed E-state index contributed by atoms with van der Waals surface area (Å²) in [5, 5.41) is 10.3. The molecule has 0 amide bonds. The van der Waals surface area contributed by atoms with Crippen LogP contribution in [0.25, 0.3) is 0 Å².